The molecular formula is C16H22N2O3. The Morgan fingerprint density at radius 2 is 1.81 bits per heavy atom. The highest BCUT2D eigenvalue weighted by Crippen LogP contribution is 2.24. The Morgan fingerprint density at radius 3 is 2.38 bits per heavy atom. The number of carbonyl (C=O) groups is 2. The quantitative estimate of drug-likeness (QED) is 0.875. The van der Waals surface area contributed by atoms with Crippen LogP contribution in [0.25, 0.3) is 0 Å². The van der Waals surface area contributed by atoms with Gasteiger partial charge < -0.3 is 15.4 Å². The first-order chi connectivity index (χ1) is 10.0. The number of nitrogens with one attached hydrogen (secondary N) is 2. The number of hydrogen-bond donors (Lipinski definition) is 2. The molecule has 1 aromatic rings. The van der Waals surface area contributed by atoms with Gasteiger partial charge in [-0.1, -0.05) is 0 Å². The van der Waals surface area contributed by atoms with Crippen LogP contribution in [0.5, 0.6) is 5.75 Å². The van der Waals surface area contributed by atoms with Gasteiger partial charge in [0.1, 0.15) is 11.8 Å². The molecule has 0 aromatic heterocycles. The van der Waals surface area contributed by atoms with E-state index in [1.165, 1.54) is 19.8 Å². The molecule has 2 N–H and O–H groups in total. The molecule has 0 saturated heterocycles. The monoisotopic (exact) mass is 290 g/mol. The number of rotatable bonds is 5. The van der Waals surface area contributed by atoms with E-state index in [1.807, 2.05) is 24.3 Å². The van der Waals surface area contributed by atoms with E-state index in [1.54, 1.807) is 6.92 Å². The summed E-state index contributed by atoms with van der Waals surface area (Å²) in [4.78, 5) is 22.8. The molecule has 0 aliphatic heterocycles. The third kappa shape index (κ3) is 4.77. The maximum absolute atomic E-state index is 11.9. The number of benzene rings is 1. The van der Waals surface area contributed by atoms with E-state index in [2.05, 4.69) is 10.6 Å². The summed E-state index contributed by atoms with van der Waals surface area (Å²) in [6.07, 6.45) is 5.03. The fourth-order valence-corrected chi connectivity index (χ4v) is 2.44. The second-order valence-corrected chi connectivity index (χ2v) is 5.46. The van der Waals surface area contributed by atoms with Crippen molar-refractivity contribution in [1.29, 1.82) is 0 Å². The minimum absolute atomic E-state index is 0.224. The Labute approximate surface area is 125 Å². The summed E-state index contributed by atoms with van der Waals surface area (Å²) in [6.45, 7) is 3.03. The Morgan fingerprint density at radius 1 is 1.19 bits per heavy atom. The van der Waals surface area contributed by atoms with E-state index >= 15 is 0 Å². The van der Waals surface area contributed by atoms with Gasteiger partial charge in [0, 0.05) is 12.6 Å². The average molecular weight is 290 g/mol. The zero-order chi connectivity index (χ0) is 15.2. The van der Waals surface area contributed by atoms with Crippen molar-refractivity contribution in [1.82, 2.24) is 5.32 Å². The van der Waals surface area contributed by atoms with Crippen molar-refractivity contribution >= 4 is 17.5 Å². The van der Waals surface area contributed by atoms with Crippen LogP contribution in [0.2, 0.25) is 0 Å². The predicted molar refractivity (Wildman–Crippen MR) is 81.2 cm³/mol. The van der Waals surface area contributed by atoms with Crippen LogP contribution in [0.1, 0.15) is 39.5 Å². The van der Waals surface area contributed by atoms with Crippen LogP contribution in [-0.4, -0.2) is 24.0 Å². The molecule has 0 radical (unpaired) electrons. The summed E-state index contributed by atoms with van der Waals surface area (Å²) in [5, 5.41) is 5.31. The molecule has 1 aromatic carbocycles. The second-order valence-electron chi connectivity index (χ2n) is 5.46. The molecule has 2 rings (SSSR count). The molecular weight excluding hydrogens is 268 g/mol. The number of hydrogen-bond acceptors (Lipinski definition) is 3. The Hall–Kier alpha value is -2.04. The fourth-order valence-electron chi connectivity index (χ4n) is 2.44. The van der Waals surface area contributed by atoms with Gasteiger partial charge in [-0.15, -0.1) is 0 Å². The van der Waals surface area contributed by atoms with Crippen molar-refractivity contribution in [3.8, 4) is 5.75 Å². The van der Waals surface area contributed by atoms with Crippen molar-refractivity contribution in [2.75, 3.05) is 5.32 Å². The molecule has 5 nitrogen and oxygen atoms in total. The standard InChI is InChI=1S/C16H22N2O3/c1-11(17-12(2)19)16(20)18-13-7-9-15(10-8-13)21-14-5-3-4-6-14/h7-11,14H,3-6H2,1-2H3,(H,17,19)(H,18,20)/t11-/m1/s1. The summed E-state index contributed by atoms with van der Waals surface area (Å²) in [7, 11) is 0. The molecule has 2 amide bonds. The van der Waals surface area contributed by atoms with Crippen LogP contribution in [-0.2, 0) is 9.59 Å². The Kier molecular flexibility index (Phi) is 5.20. The zero-order valence-corrected chi connectivity index (χ0v) is 12.5. The smallest absolute Gasteiger partial charge is 0.246 e. The number of anilines is 1. The van der Waals surface area contributed by atoms with Crippen molar-refractivity contribution in [2.45, 2.75) is 51.7 Å². The minimum Gasteiger partial charge on any atom is -0.490 e. The molecule has 1 saturated carbocycles. The summed E-state index contributed by atoms with van der Waals surface area (Å²) >= 11 is 0. The van der Waals surface area contributed by atoms with Crippen molar-refractivity contribution < 1.29 is 14.3 Å². The third-order valence-electron chi connectivity index (χ3n) is 3.54. The maximum Gasteiger partial charge on any atom is 0.246 e. The first kappa shape index (κ1) is 15.4. The highest BCUT2D eigenvalue weighted by molar-refractivity contribution is 5.96. The summed E-state index contributed by atoms with van der Waals surface area (Å²) in [5.41, 5.74) is 0.691. The van der Waals surface area contributed by atoms with Gasteiger partial charge in [-0.2, -0.15) is 0 Å². The largest absolute Gasteiger partial charge is 0.490 e. The Balaban J connectivity index is 1.86. The molecule has 114 valence electrons. The predicted octanol–water partition coefficient (Wildman–Crippen LogP) is 2.47. The number of carbonyl (C=O) groups excluding carboxylic acids is 2. The molecule has 1 aliphatic rings. The zero-order valence-electron chi connectivity index (χ0n) is 12.5. The Bertz CT molecular complexity index is 493. The van der Waals surface area contributed by atoms with Crippen LogP contribution in [0, 0.1) is 0 Å². The lowest BCUT2D eigenvalue weighted by Crippen LogP contribution is -2.40. The van der Waals surface area contributed by atoms with E-state index in [-0.39, 0.29) is 11.8 Å². The van der Waals surface area contributed by atoms with Crippen LogP contribution >= 0.6 is 0 Å². The van der Waals surface area contributed by atoms with Gasteiger partial charge in [0.2, 0.25) is 11.8 Å². The first-order valence-electron chi connectivity index (χ1n) is 7.39. The molecule has 21 heavy (non-hydrogen) atoms. The van der Waals surface area contributed by atoms with Gasteiger partial charge in [-0.25, -0.2) is 0 Å². The van der Waals surface area contributed by atoms with E-state index < -0.39 is 6.04 Å². The minimum atomic E-state index is -0.558. The molecule has 0 bridgehead atoms. The third-order valence-corrected chi connectivity index (χ3v) is 3.54. The van der Waals surface area contributed by atoms with Crippen LogP contribution in [0.3, 0.4) is 0 Å². The summed E-state index contributed by atoms with van der Waals surface area (Å²) in [5.74, 6) is 0.363. The molecule has 0 heterocycles. The van der Waals surface area contributed by atoms with Crippen molar-refractivity contribution in [3.63, 3.8) is 0 Å². The van der Waals surface area contributed by atoms with Crippen molar-refractivity contribution in [3.05, 3.63) is 24.3 Å². The topological polar surface area (TPSA) is 67.4 Å². The normalized spacial score (nSPS) is 16.3. The van der Waals surface area contributed by atoms with Crippen molar-refractivity contribution in [2.24, 2.45) is 0 Å². The van der Waals surface area contributed by atoms with E-state index in [9.17, 15) is 9.59 Å². The van der Waals surface area contributed by atoms with Gasteiger partial charge in [0.05, 0.1) is 6.10 Å². The average Bonchev–Trinajstić information content (AvgIpc) is 2.93. The van der Waals surface area contributed by atoms with Gasteiger partial charge >= 0.3 is 0 Å². The summed E-state index contributed by atoms with van der Waals surface area (Å²) < 4.78 is 5.87. The lowest BCUT2D eigenvalue weighted by Gasteiger charge is -2.15. The molecule has 0 spiro atoms. The molecule has 5 heteroatoms. The molecule has 1 fully saturated rings. The van der Waals surface area contributed by atoms with Crippen LogP contribution in [0.4, 0.5) is 5.69 Å². The highest BCUT2D eigenvalue weighted by atomic mass is 16.5. The molecule has 1 atom stereocenters. The molecule has 0 unspecified atom stereocenters. The maximum atomic E-state index is 11.9. The van der Waals surface area contributed by atoms with E-state index in [0.29, 0.717) is 11.8 Å². The highest BCUT2D eigenvalue weighted by Gasteiger charge is 2.17. The summed E-state index contributed by atoms with van der Waals surface area (Å²) in [6, 6.07) is 6.77. The molecule has 1 aliphatic carbocycles. The lowest BCUT2D eigenvalue weighted by atomic mass is 10.2. The SMILES string of the molecule is CC(=O)N[C@H](C)C(=O)Nc1ccc(OC2CCCC2)cc1. The fraction of sp³-hybridized carbons (Fsp3) is 0.500. The first-order valence-corrected chi connectivity index (χ1v) is 7.39. The lowest BCUT2D eigenvalue weighted by molar-refractivity contribution is -0.124. The van der Waals surface area contributed by atoms with E-state index in [0.717, 1.165) is 18.6 Å². The number of ether oxygens (including phenoxy) is 1. The second kappa shape index (κ2) is 7.11. The van der Waals surface area contributed by atoms with E-state index in [4.69, 9.17) is 4.74 Å². The van der Waals surface area contributed by atoms with Gasteiger partial charge in [-0.05, 0) is 56.9 Å². The van der Waals surface area contributed by atoms with Gasteiger partial charge in [0.15, 0.2) is 0 Å². The van der Waals surface area contributed by atoms with Crippen LogP contribution < -0.4 is 15.4 Å². The van der Waals surface area contributed by atoms with Gasteiger partial charge in [-0.3, -0.25) is 9.59 Å². The van der Waals surface area contributed by atoms with Gasteiger partial charge in [0.25, 0.3) is 0 Å². The number of amides is 2. The van der Waals surface area contributed by atoms with Crippen LogP contribution in [0.15, 0.2) is 24.3 Å².